The van der Waals surface area contributed by atoms with Crippen molar-refractivity contribution in [1.29, 1.82) is 0 Å². The Labute approximate surface area is 195 Å². The molecule has 1 amide bonds. The standard InChI is InChI=1S/C24H22ClN5O3/c1-12-11-27-24(31)18-19(12)30-21(22(18)28-16-6-4-5-14(25)23(16)33-3)13-9-10-26-15-7-8-17(32-2)29-20(13)15/h4-10,12,28,30H,11H2,1-3H3,(H,27,31)/t12-/m1/s1. The smallest absolute Gasteiger partial charge is 0.255 e. The maximum Gasteiger partial charge on any atom is 0.255 e. The Bertz CT molecular complexity index is 1380. The molecule has 3 aromatic heterocycles. The maximum atomic E-state index is 13.0. The van der Waals surface area contributed by atoms with Crippen LogP contribution >= 0.6 is 11.6 Å². The quantitative estimate of drug-likeness (QED) is 0.389. The van der Waals surface area contributed by atoms with Crippen molar-refractivity contribution < 1.29 is 14.3 Å². The summed E-state index contributed by atoms with van der Waals surface area (Å²) in [6, 6.07) is 10.9. The lowest BCUT2D eigenvalue weighted by Crippen LogP contribution is -2.33. The number of fused-ring (bicyclic) bond motifs is 2. The summed E-state index contributed by atoms with van der Waals surface area (Å²) >= 11 is 6.35. The number of carbonyl (C=O) groups is 1. The van der Waals surface area contributed by atoms with Gasteiger partial charge in [-0.2, -0.15) is 0 Å². The van der Waals surface area contributed by atoms with Crippen LogP contribution in [0.5, 0.6) is 11.6 Å². The van der Waals surface area contributed by atoms with Crippen molar-refractivity contribution in [3.8, 4) is 22.9 Å². The molecule has 0 spiro atoms. The SMILES string of the molecule is COc1ccc2nccc(-c3[nH]c4c(c3Nc3cccc(Cl)c3OC)C(=O)NC[C@H]4C)c2n1. The molecule has 0 aliphatic carbocycles. The Kier molecular flexibility index (Phi) is 5.30. The highest BCUT2D eigenvalue weighted by atomic mass is 35.5. The first-order valence-corrected chi connectivity index (χ1v) is 10.8. The molecule has 9 heteroatoms. The molecule has 5 rings (SSSR count). The number of hydrogen-bond donors (Lipinski definition) is 3. The van der Waals surface area contributed by atoms with Crippen LogP contribution in [0.3, 0.4) is 0 Å². The van der Waals surface area contributed by atoms with Crippen LogP contribution in [-0.4, -0.2) is 41.6 Å². The number of nitrogens with zero attached hydrogens (tertiary/aromatic N) is 2. The van der Waals surface area contributed by atoms with Gasteiger partial charge >= 0.3 is 0 Å². The molecule has 0 bridgehead atoms. The molecule has 4 aromatic rings. The molecule has 8 nitrogen and oxygen atoms in total. The van der Waals surface area contributed by atoms with Crippen LogP contribution in [0.15, 0.2) is 42.6 Å². The summed E-state index contributed by atoms with van der Waals surface area (Å²) in [5, 5.41) is 6.84. The van der Waals surface area contributed by atoms with E-state index in [1.165, 1.54) is 0 Å². The molecule has 0 fully saturated rings. The zero-order valence-electron chi connectivity index (χ0n) is 18.3. The van der Waals surface area contributed by atoms with E-state index in [0.717, 1.165) is 17.0 Å². The number of nitrogens with one attached hydrogen (secondary N) is 3. The summed E-state index contributed by atoms with van der Waals surface area (Å²) in [5.74, 6) is 0.913. The minimum atomic E-state index is -0.155. The molecule has 1 atom stereocenters. The zero-order valence-corrected chi connectivity index (χ0v) is 19.1. The Morgan fingerprint density at radius 2 is 2.00 bits per heavy atom. The lowest BCUT2D eigenvalue weighted by Gasteiger charge is -2.20. The van der Waals surface area contributed by atoms with E-state index < -0.39 is 0 Å². The van der Waals surface area contributed by atoms with Crippen molar-refractivity contribution in [3.05, 3.63) is 58.9 Å². The molecular weight excluding hydrogens is 442 g/mol. The van der Waals surface area contributed by atoms with Gasteiger partial charge in [-0.3, -0.25) is 9.78 Å². The average molecular weight is 464 g/mol. The number of ether oxygens (including phenoxy) is 2. The van der Waals surface area contributed by atoms with Gasteiger partial charge in [-0.15, -0.1) is 0 Å². The molecule has 1 aromatic carbocycles. The summed E-state index contributed by atoms with van der Waals surface area (Å²) in [4.78, 5) is 25.6. The number of rotatable bonds is 5. The third kappa shape index (κ3) is 3.52. The van der Waals surface area contributed by atoms with E-state index >= 15 is 0 Å². The maximum absolute atomic E-state index is 13.0. The molecule has 0 unspecified atom stereocenters. The number of benzene rings is 1. The first-order valence-electron chi connectivity index (χ1n) is 10.5. The Morgan fingerprint density at radius 1 is 1.15 bits per heavy atom. The molecule has 0 saturated carbocycles. The van der Waals surface area contributed by atoms with Crippen molar-refractivity contribution in [1.82, 2.24) is 20.3 Å². The number of para-hydroxylation sites is 1. The van der Waals surface area contributed by atoms with Gasteiger partial charge in [-0.1, -0.05) is 24.6 Å². The van der Waals surface area contributed by atoms with Gasteiger partial charge in [0.25, 0.3) is 5.91 Å². The van der Waals surface area contributed by atoms with Crippen molar-refractivity contribution in [2.75, 3.05) is 26.1 Å². The number of H-pyrrole nitrogens is 1. The second-order valence-corrected chi connectivity index (χ2v) is 8.21. The van der Waals surface area contributed by atoms with Gasteiger partial charge in [-0.25, -0.2) is 4.98 Å². The number of carbonyl (C=O) groups excluding carboxylic acids is 1. The van der Waals surface area contributed by atoms with Gasteiger partial charge in [0.05, 0.1) is 47.4 Å². The van der Waals surface area contributed by atoms with Crippen molar-refractivity contribution in [3.63, 3.8) is 0 Å². The Morgan fingerprint density at radius 3 is 2.79 bits per heavy atom. The molecule has 0 radical (unpaired) electrons. The number of hydrogen-bond acceptors (Lipinski definition) is 6. The van der Waals surface area contributed by atoms with Crippen molar-refractivity contribution >= 4 is 39.9 Å². The van der Waals surface area contributed by atoms with Crippen LogP contribution in [0, 0.1) is 0 Å². The van der Waals surface area contributed by atoms with Gasteiger partial charge in [0.2, 0.25) is 5.88 Å². The second-order valence-electron chi connectivity index (χ2n) is 7.80. The number of amides is 1. The normalized spacial score (nSPS) is 15.2. The third-order valence-electron chi connectivity index (χ3n) is 5.79. The largest absolute Gasteiger partial charge is 0.493 e. The van der Waals surface area contributed by atoms with E-state index in [2.05, 4.69) is 32.5 Å². The summed E-state index contributed by atoms with van der Waals surface area (Å²) in [6.45, 7) is 2.61. The lowest BCUT2D eigenvalue weighted by molar-refractivity contribution is 0.0942. The van der Waals surface area contributed by atoms with Gasteiger partial charge in [0.1, 0.15) is 5.52 Å². The topological polar surface area (TPSA) is 101 Å². The van der Waals surface area contributed by atoms with E-state index in [1.54, 1.807) is 32.5 Å². The minimum absolute atomic E-state index is 0.101. The molecule has 168 valence electrons. The molecule has 33 heavy (non-hydrogen) atoms. The zero-order chi connectivity index (χ0) is 23.1. The van der Waals surface area contributed by atoms with Gasteiger partial charge < -0.3 is 25.1 Å². The predicted molar refractivity (Wildman–Crippen MR) is 128 cm³/mol. The predicted octanol–water partition coefficient (Wildman–Crippen LogP) is 4.89. The van der Waals surface area contributed by atoms with Crippen LogP contribution in [0.2, 0.25) is 5.02 Å². The van der Waals surface area contributed by atoms with E-state index in [9.17, 15) is 4.79 Å². The van der Waals surface area contributed by atoms with Gasteiger partial charge in [0, 0.05) is 36.0 Å². The number of halogens is 1. The fourth-order valence-electron chi connectivity index (χ4n) is 4.16. The minimum Gasteiger partial charge on any atom is -0.493 e. The molecule has 1 aliphatic heterocycles. The van der Waals surface area contributed by atoms with Crippen LogP contribution in [0.25, 0.3) is 22.3 Å². The third-order valence-corrected chi connectivity index (χ3v) is 6.08. The van der Waals surface area contributed by atoms with Crippen LogP contribution < -0.4 is 20.1 Å². The van der Waals surface area contributed by atoms with Gasteiger partial charge in [0.15, 0.2) is 5.75 Å². The van der Waals surface area contributed by atoms with Gasteiger partial charge in [-0.05, 0) is 24.3 Å². The first-order chi connectivity index (χ1) is 16.0. The molecule has 0 saturated heterocycles. The Balaban J connectivity index is 1.78. The highest BCUT2D eigenvalue weighted by Crippen LogP contribution is 2.43. The highest BCUT2D eigenvalue weighted by Gasteiger charge is 2.31. The second kappa shape index (κ2) is 8.29. The number of anilines is 2. The number of pyridine rings is 2. The van der Waals surface area contributed by atoms with E-state index in [4.69, 9.17) is 21.1 Å². The van der Waals surface area contributed by atoms with Crippen LogP contribution in [0.1, 0.15) is 28.9 Å². The fraction of sp³-hybridized carbons (Fsp3) is 0.208. The van der Waals surface area contributed by atoms with Crippen LogP contribution in [0.4, 0.5) is 11.4 Å². The Hall–Kier alpha value is -3.78. The molecular formula is C24H22ClN5O3. The van der Waals surface area contributed by atoms with E-state index in [0.29, 0.717) is 51.2 Å². The lowest BCUT2D eigenvalue weighted by atomic mass is 9.98. The average Bonchev–Trinajstić information content (AvgIpc) is 3.21. The summed E-state index contributed by atoms with van der Waals surface area (Å²) in [7, 11) is 3.13. The molecule has 4 heterocycles. The monoisotopic (exact) mass is 463 g/mol. The summed E-state index contributed by atoms with van der Waals surface area (Å²) in [5.41, 5.74) is 5.55. The summed E-state index contributed by atoms with van der Waals surface area (Å²) < 4.78 is 10.9. The number of methoxy groups -OCH3 is 2. The van der Waals surface area contributed by atoms with E-state index in [-0.39, 0.29) is 11.8 Å². The van der Waals surface area contributed by atoms with Crippen LogP contribution in [-0.2, 0) is 0 Å². The van der Waals surface area contributed by atoms with Crippen molar-refractivity contribution in [2.45, 2.75) is 12.8 Å². The number of aromatic nitrogens is 3. The number of aromatic amines is 1. The highest BCUT2D eigenvalue weighted by molar-refractivity contribution is 6.32. The molecule has 3 N–H and O–H groups in total. The fourth-order valence-corrected chi connectivity index (χ4v) is 4.41. The van der Waals surface area contributed by atoms with E-state index in [1.807, 2.05) is 24.3 Å². The van der Waals surface area contributed by atoms with Crippen molar-refractivity contribution in [2.24, 2.45) is 0 Å². The molecule has 1 aliphatic rings. The summed E-state index contributed by atoms with van der Waals surface area (Å²) in [6.07, 6.45) is 1.72. The first kappa shape index (κ1) is 21.1.